The standard InChI is InChI=1S/C16H25BrN2O.2ClH/c1-12(2)3-6-15(19-9-7-18-8-10-19)14-5-4-13(17)11-16(14)20;;/h4-5,11-12,15,18,20H,3,6-10H2,1-2H3;2*1H/t15-;;/m1../s1. The summed E-state index contributed by atoms with van der Waals surface area (Å²) in [5.74, 6) is 1.10. The Balaban J connectivity index is 0.00000220. The fourth-order valence-electron chi connectivity index (χ4n) is 2.82. The Morgan fingerprint density at radius 2 is 1.82 bits per heavy atom. The molecule has 1 saturated heterocycles. The van der Waals surface area contributed by atoms with Gasteiger partial charge < -0.3 is 10.4 Å². The lowest BCUT2D eigenvalue weighted by atomic mass is 9.95. The molecular weight excluding hydrogens is 387 g/mol. The normalized spacial score (nSPS) is 16.7. The molecule has 6 heteroatoms. The lowest BCUT2D eigenvalue weighted by Crippen LogP contribution is -2.45. The van der Waals surface area contributed by atoms with Crippen LogP contribution in [0.15, 0.2) is 22.7 Å². The van der Waals surface area contributed by atoms with E-state index in [4.69, 9.17) is 0 Å². The molecule has 1 fully saturated rings. The smallest absolute Gasteiger partial charge is 0.121 e. The molecule has 1 atom stereocenters. The molecule has 0 aliphatic carbocycles. The molecule has 1 heterocycles. The van der Waals surface area contributed by atoms with Crippen molar-refractivity contribution in [3.63, 3.8) is 0 Å². The van der Waals surface area contributed by atoms with Crippen LogP contribution in [-0.4, -0.2) is 36.2 Å². The molecule has 1 aliphatic rings. The third kappa shape index (κ3) is 6.25. The fraction of sp³-hybridized carbons (Fsp3) is 0.625. The molecule has 3 nitrogen and oxygen atoms in total. The predicted molar refractivity (Wildman–Crippen MR) is 102 cm³/mol. The van der Waals surface area contributed by atoms with Gasteiger partial charge in [0.05, 0.1) is 0 Å². The second kappa shape index (κ2) is 10.7. The van der Waals surface area contributed by atoms with E-state index in [0.29, 0.717) is 17.7 Å². The molecule has 0 aromatic heterocycles. The molecule has 0 amide bonds. The summed E-state index contributed by atoms with van der Waals surface area (Å²) in [5.41, 5.74) is 1.07. The van der Waals surface area contributed by atoms with Crippen LogP contribution in [0.3, 0.4) is 0 Å². The third-order valence-corrected chi connectivity index (χ3v) is 4.45. The van der Waals surface area contributed by atoms with Crippen molar-refractivity contribution >= 4 is 40.7 Å². The minimum Gasteiger partial charge on any atom is -0.508 e. The SMILES string of the molecule is CC(C)CC[C@H](c1ccc(Br)cc1O)N1CCNCC1.Cl.Cl. The second-order valence-corrected chi connectivity index (χ2v) is 6.89. The van der Waals surface area contributed by atoms with E-state index in [1.54, 1.807) is 6.07 Å². The van der Waals surface area contributed by atoms with Crippen LogP contribution in [0.25, 0.3) is 0 Å². The number of piperazine rings is 1. The van der Waals surface area contributed by atoms with Crippen LogP contribution in [-0.2, 0) is 0 Å². The molecule has 22 heavy (non-hydrogen) atoms. The highest BCUT2D eigenvalue weighted by Gasteiger charge is 2.24. The van der Waals surface area contributed by atoms with Gasteiger partial charge >= 0.3 is 0 Å². The molecule has 1 aromatic rings. The summed E-state index contributed by atoms with van der Waals surface area (Å²) in [5, 5.41) is 13.7. The number of nitrogens with one attached hydrogen (secondary N) is 1. The van der Waals surface area contributed by atoms with E-state index in [9.17, 15) is 5.11 Å². The fourth-order valence-corrected chi connectivity index (χ4v) is 3.17. The van der Waals surface area contributed by atoms with Crippen molar-refractivity contribution in [3.05, 3.63) is 28.2 Å². The third-order valence-electron chi connectivity index (χ3n) is 3.96. The minimum absolute atomic E-state index is 0. The lowest BCUT2D eigenvalue weighted by molar-refractivity contribution is 0.157. The molecule has 128 valence electrons. The van der Waals surface area contributed by atoms with Gasteiger partial charge in [-0.15, -0.1) is 24.8 Å². The van der Waals surface area contributed by atoms with E-state index in [0.717, 1.165) is 42.6 Å². The average Bonchev–Trinajstić information content (AvgIpc) is 2.42. The summed E-state index contributed by atoms with van der Waals surface area (Å²) in [6.45, 7) is 8.70. The number of halogens is 3. The van der Waals surface area contributed by atoms with E-state index in [-0.39, 0.29) is 24.8 Å². The van der Waals surface area contributed by atoms with Gasteiger partial charge in [-0.1, -0.05) is 35.8 Å². The topological polar surface area (TPSA) is 35.5 Å². The van der Waals surface area contributed by atoms with E-state index in [1.165, 1.54) is 6.42 Å². The molecule has 0 spiro atoms. The van der Waals surface area contributed by atoms with Gasteiger partial charge in [-0.3, -0.25) is 4.90 Å². The van der Waals surface area contributed by atoms with Crippen LogP contribution < -0.4 is 5.32 Å². The number of hydrogen-bond donors (Lipinski definition) is 2. The number of phenols is 1. The number of hydrogen-bond acceptors (Lipinski definition) is 3. The highest BCUT2D eigenvalue weighted by Crippen LogP contribution is 2.34. The Morgan fingerprint density at radius 3 is 2.36 bits per heavy atom. The van der Waals surface area contributed by atoms with Crippen molar-refractivity contribution in [1.82, 2.24) is 10.2 Å². The van der Waals surface area contributed by atoms with Crippen LogP contribution in [0, 0.1) is 5.92 Å². The van der Waals surface area contributed by atoms with Gasteiger partial charge in [0.2, 0.25) is 0 Å². The van der Waals surface area contributed by atoms with Crippen molar-refractivity contribution in [2.24, 2.45) is 5.92 Å². The second-order valence-electron chi connectivity index (χ2n) is 5.98. The molecule has 2 N–H and O–H groups in total. The Morgan fingerprint density at radius 1 is 1.18 bits per heavy atom. The largest absolute Gasteiger partial charge is 0.508 e. The summed E-state index contributed by atoms with van der Waals surface area (Å²) >= 11 is 3.42. The Labute approximate surface area is 154 Å². The number of phenolic OH excluding ortho intramolecular Hbond substituents is 1. The van der Waals surface area contributed by atoms with E-state index < -0.39 is 0 Å². The van der Waals surface area contributed by atoms with Gasteiger partial charge in [-0.2, -0.15) is 0 Å². The number of nitrogens with zero attached hydrogens (tertiary/aromatic N) is 1. The van der Waals surface area contributed by atoms with Crippen LogP contribution in [0.5, 0.6) is 5.75 Å². The summed E-state index contributed by atoms with van der Waals surface area (Å²) < 4.78 is 0.932. The van der Waals surface area contributed by atoms with Crippen LogP contribution in [0.1, 0.15) is 38.3 Å². The van der Waals surface area contributed by atoms with Gasteiger partial charge in [0, 0.05) is 42.3 Å². The maximum absolute atomic E-state index is 10.3. The van der Waals surface area contributed by atoms with Crippen molar-refractivity contribution in [1.29, 1.82) is 0 Å². The zero-order chi connectivity index (χ0) is 14.5. The van der Waals surface area contributed by atoms with Crippen LogP contribution >= 0.6 is 40.7 Å². The first-order chi connectivity index (χ1) is 9.58. The first kappa shape index (κ1) is 22.0. The van der Waals surface area contributed by atoms with Gasteiger partial charge in [-0.05, 0) is 30.9 Å². The van der Waals surface area contributed by atoms with Crippen LogP contribution in [0.4, 0.5) is 0 Å². The summed E-state index contributed by atoms with van der Waals surface area (Å²) in [6.07, 6.45) is 2.29. The lowest BCUT2D eigenvalue weighted by Gasteiger charge is -2.36. The summed E-state index contributed by atoms with van der Waals surface area (Å²) in [6, 6.07) is 6.22. The van der Waals surface area contributed by atoms with E-state index in [2.05, 4.69) is 46.1 Å². The average molecular weight is 414 g/mol. The number of aromatic hydroxyl groups is 1. The molecule has 0 radical (unpaired) electrons. The zero-order valence-corrected chi connectivity index (χ0v) is 16.4. The maximum Gasteiger partial charge on any atom is 0.121 e. The Hall–Kier alpha value is -0.000000000000000111. The van der Waals surface area contributed by atoms with Gasteiger partial charge in [0.1, 0.15) is 5.75 Å². The summed E-state index contributed by atoms with van der Waals surface area (Å²) in [7, 11) is 0. The van der Waals surface area contributed by atoms with E-state index >= 15 is 0 Å². The molecular formula is C16H27BrCl2N2O. The van der Waals surface area contributed by atoms with Crippen molar-refractivity contribution in [2.45, 2.75) is 32.7 Å². The first-order valence-electron chi connectivity index (χ1n) is 7.51. The molecule has 2 rings (SSSR count). The first-order valence-corrected chi connectivity index (χ1v) is 8.30. The highest BCUT2D eigenvalue weighted by molar-refractivity contribution is 9.10. The maximum atomic E-state index is 10.3. The molecule has 0 bridgehead atoms. The predicted octanol–water partition coefficient (Wildman–Crippen LogP) is 4.38. The monoisotopic (exact) mass is 412 g/mol. The molecule has 1 aliphatic heterocycles. The molecule has 0 saturated carbocycles. The number of rotatable bonds is 5. The van der Waals surface area contributed by atoms with Crippen molar-refractivity contribution in [3.8, 4) is 5.75 Å². The van der Waals surface area contributed by atoms with Crippen LogP contribution in [0.2, 0.25) is 0 Å². The Kier molecular flexibility index (Phi) is 10.7. The number of benzene rings is 1. The summed E-state index contributed by atoms with van der Waals surface area (Å²) in [4.78, 5) is 2.50. The zero-order valence-electron chi connectivity index (χ0n) is 13.2. The Bertz CT molecular complexity index is 440. The van der Waals surface area contributed by atoms with Crippen molar-refractivity contribution in [2.75, 3.05) is 26.2 Å². The quantitative estimate of drug-likeness (QED) is 0.751. The molecule has 0 unspecified atom stereocenters. The van der Waals surface area contributed by atoms with E-state index in [1.807, 2.05) is 6.07 Å². The van der Waals surface area contributed by atoms with Gasteiger partial charge in [0.15, 0.2) is 0 Å². The van der Waals surface area contributed by atoms with Gasteiger partial charge in [-0.25, -0.2) is 0 Å². The van der Waals surface area contributed by atoms with Crippen molar-refractivity contribution < 1.29 is 5.11 Å². The molecule has 1 aromatic carbocycles. The van der Waals surface area contributed by atoms with Gasteiger partial charge in [0.25, 0.3) is 0 Å². The minimum atomic E-state index is 0. The highest BCUT2D eigenvalue weighted by atomic mass is 79.9.